The summed E-state index contributed by atoms with van der Waals surface area (Å²) in [5.74, 6) is 1.25. The van der Waals surface area contributed by atoms with Crippen molar-refractivity contribution >= 4 is 5.91 Å². The summed E-state index contributed by atoms with van der Waals surface area (Å²) >= 11 is 0. The van der Waals surface area contributed by atoms with Gasteiger partial charge in [0.25, 0.3) is 0 Å². The highest BCUT2D eigenvalue weighted by Gasteiger charge is 2.30. The van der Waals surface area contributed by atoms with E-state index in [1.807, 2.05) is 61.5 Å². The van der Waals surface area contributed by atoms with Crippen molar-refractivity contribution in [2.45, 2.75) is 19.1 Å². The van der Waals surface area contributed by atoms with Crippen LogP contribution >= 0.6 is 0 Å². The number of nitrogens with one attached hydrogen (secondary N) is 1. The lowest BCUT2D eigenvalue weighted by Crippen LogP contribution is -2.46. The predicted molar refractivity (Wildman–Crippen MR) is 90.2 cm³/mol. The van der Waals surface area contributed by atoms with Gasteiger partial charge in [-0.3, -0.25) is 4.79 Å². The number of hydrogen-bond acceptors (Lipinski definition) is 4. The minimum absolute atomic E-state index is 0.0461. The largest absolute Gasteiger partial charge is 0.490 e. The number of amides is 1. The van der Waals surface area contributed by atoms with E-state index in [1.54, 1.807) is 0 Å². The van der Waals surface area contributed by atoms with E-state index in [0.717, 1.165) is 5.56 Å². The second-order valence-corrected chi connectivity index (χ2v) is 5.48. The maximum Gasteiger partial charge on any atom is 0.246 e. The molecule has 3 rings (SSSR count). The monoisotopic (exact) mass is 327 g/mol. The highest BCUT2D eigenvalue weighted by atomic mass is 16.6. The molecule has 0 radical (unpaired) electrons. The number of morpholine rings is 1. The summed E-state index contributed by atoms with van der Waals surface area (Å²) in [7, 11) is 0. The number of ether oxygens (including phenoxy) is 3. The van der Waals surface area contributed by atoms with Crippen molar-refractivity contribution in [3.8, 4) is 11.5 Å². The van der Waals surface area contributed by atoms with Crippen LogP contribution in [-0.2, 0) is 9.53 Å². The van der Waals surface area contributed by atoms with Crippen LogP contribution in [0.4, 0.5) is 0 Å². The summed E-state index contributed by atoms with van der Waals surface area (Å²) in [6.45, 7) is 2.96. The van der Waals surface area contributed by atoms with Crippen LogP contribution in [0.15, 0.2) is 54.6 Å². The van der Waals surface area contributed by atoms with Crippen LogP contribution in [0.3, 0.4) is 0 Å². The molecule has 0 saturated carbocycles. The van der Waals surface area contributed by atoms with Crippen LogP contribution in [0.1, 0.15) is 18.6 Å². The zero-order chi connectivity index (χ0) is 16.8. The molecule has 1 heterocycles. The van der Waals surface area contributed by atoms with Crippen molar-refractivity contribution in [3.63, 3.8) is 0 Å². The number of carbonyl (C=O) groups is 1. The summed E-state index contributed by atoms with van der Waals surface area (Å²) in [5, 5.41) is 2.83. The molecule has 1 aliphatic heterocycles. The summed E-state index contributed by atoms with van der Waals surface area (Å²) in [5.41, 5.74) is 0.991. The summed E-state index contributed by atoms with van der Waals surface area (Å²) in [4.78, 5) is 11.4. The van der Waals surface area contributed by atoms with Crippen molar-refractivity contribution in [3.05, 3.63) is 60.2 Å². The van der Waals surface area contributed by atoms with E-state index in [2.05, 4.69) is 5.32 Å². The minimum Gasteiger partial charge on any atom is -0.490 e. The number of para-hydroxylation sites is 2. The van der Waals surface area contributed by atoms with Crippen molar-refractivity contribution in [2.24, 2.45) is 0 Å². The van der Waals surface area contributed by atoms with E-state index in [4.69, 9.17) is 14.2 Å². The molecule has 1 N–H and O–H groups in total. The lowest BCUT2D eigenvalue weighted by atomic mass is 10.0. The van der Waals surface area contributed by atoms with Gasteiger partial charge in [0.1, 0.15) is 12.7 Å². The lowest BCUT2D eigenvalue weighted by molar-refractivity contribution is -0.137. The van der Waals surface area contributed by atoms with Gasteiger partial charge >= 0.3 is 0 Å². The third-order valence-corrected chi connectivity index (χ3v) is 3.80. The first kappa shape index (κ1) is 16.3. The topological polar surface area (TPSA) is 56.8 Å². The molecule has 2 aromatic rings. The lowest BCUT2D eigenvalue weighted by Gasteiger charge is -2.31. The quantitative estimate of drug-likeness (QED) is 0.886. The van der Waals surface area contributed by atoms with E-state index in [0.29, 0.717) is 24.7 Å². The van der Waals surface area contributed by atoms with Gasteiger partial charge in [-0.05, 0) is 24.6 Å². The fourth-order valence-electron chi connectivity index (χ4n) is 2.66. The smallest absolute Gasteiger partial charge is 0.246 e. The normalized spacial score (nSPS) is 18.5. The Hall–Kier alpha value is -2.53. The number of benzene rings is 2. The Morgan fingerprint density at radius 1 is 1.12 bits per heavy atom. The highest BCUT2D eigenvalue weighted by molar-refractivity contribution is 5.77. The molecule has 126 valence electrons. The Morgan fingerprint density at radius 3 is 2.50 bits per heavy atom. The van der Waals surface area contributed by atoms with Crippen molar-refractivity contribution in [1.29, 1.82) is 0 Å². The molecule has 5 nitrogen and oxygen atoms in total. The molecule has 1 saturated heterocycles. The third-order valence-electron chi connectivity index (χ3n) is 3.80. The molecule has 1 unspecified atom stereocenters. The molecular formula is C19H21NO4. The molecule has 1 amide bonds. The molecule has 2 atom stereocenters. The fourth-order valence-corrected chi connectivity index (χ4v) is 2.66. The maximum atomic E-state index is 11.4. The van der Waals surface area contributed by atoms with Gasteiger partial charge in [0, 0.05) is 6.54 Å². The highest BCUT2D eigenvalue weighted by Crippen LogP contribution is 2.33. The SMILES string of the molecule is CCOc1ccccc1OC(c1ccccc1)[C@@H]1CNC(=O)CO1. The molecule has 2 aromatic carbocycles. The van der Waals surface area contributed by atoms with Crippen LogP contribution in [-0.4, -0.2) is 31.8 Å². The second kappa shape index (κ2) is 7.84. The summed E-state index contributed by atoms with van der Waals surface area (Å²) in [6, 6.07) is 17.4. The van der Waals surface area contributed by atoms with Crippen molar-refractivity contribution in [1.82, 2.24) is 5.32 Å². The van der Waals surface area contributed by atoms with Gasteiger partial charge in [-0.2, -0.15) is 0 Å². The van der Waals surface area contributed by atoms with E-state index in [9.17, 15) is 4.79 Å². The molecule has 1 fully saturated rings. The third kappa shape index (κ3) is 3.86. The average Bonchev–Trinajstić information content (AvgIpc) is 2.63. The Kier molecular flexibility index (Phi) is 5.33. The van der Waals surface area contributed by atoms with Gasteiger partial charge in [0.05, 0.1) is 6.61 Å². The Morgan fingerprint density at radius 2 is 1.83 bits per heavy atom. The molecule has 0 aliphatic carbocycles. The van der Waals surface area contributed by atoms with Gasteiger partial charge in [-0.1, -0.05) is 42.5 Å². The first-order valence-electron chi connectivity index (χ1n) is 8.09. The van der Waals surface area contributed by atoms with Crippen LogP contribution in [0.2, 0.25) is 0 Å². The minimum atomic E-state index is -0.339. The molecule has 24 heavy (non-hydrogen) atoms. The Bertz CT molecular complexity index is 664. The van der Waals surface area contributed by atoms with Crippen LogP contribution in [0, 0.1) is 0 Å². The zero-order valence-electron chi connectivity index (χ0n) is 13.6. The van der Waals surface area contributed by atoms with E-state index in [1.165, 1.54) is 0 Å². The molecule has 0 aromatic heterocycles. The molecular weight excluding hydrogens is 306 g/mol. The first-order valence-corrected chi connectivity index (χ1v) is 8.09. The molecule has 0 bridgehead atoms. The van der Waals surface area contributed by atoms with Crippen LogP contribution in [0.5, 0.6) is 11.5 Å². The summed E-state index contributed by atoms with van der Waals surface area (Å²) < 4.78 is 17.6. The number of rotatable bonds is 6. The molecule has 0 spiro atoms. The number of carbonyl (C=O) groups excluding carboxylic acids is 1. The fraction of sp³-hybridized carbons (Fsp3) is 0.316. The second-order valence-electron chi connectivity index (χ2n) is 5.48. The Balaban J connectivity index is 1.86. The van der Waals surface area contributed by atoms with E-state index < -0.39 is 0 Å². The maximum absolute atomic E-state index is 11.4. The van der Waals surface area contributed by atoms with E-state index >= 15 is 0 Å². The van der Waals surface area contributed by atoms with Crippen LogP contribution < -0.4 is 14.8 Å². The average molecular weight is 327 g/mol. The zero-order valence-corrected chi connectivity index (χ0v) is 13.6. The van der Waals surface area contributed by atoms with Crippen molar-refractivity contribution in [2.75, 3.05) is 19.8 Å². The first-order chi connectivity index (χ1) is 11.8. The van der Waals surface area contributed by atoms with Gasteiger partial charge in [-0.25, -0.2) is 0 Å². The van der Waals surface area contributed by atoms with Crippen molar-refractivity contribution < 1.29 is 19.0 Å². The van der Waals surface area contributed by atoms with Crippen LogP contribution in [0.25, 0.3) is 0 Å². The number of hydrogen-bond donors (Lipinski definition) is 1. The molecule has 1 aliphatic rings. The predicted octanol–water partition coefficient (Wildman–Crippen LogP) is 2.72. The van der Waals surface area contributed by atoms with Gasteiger partial charge in [-0.15, -0.1) is 0 Å². The standard InChI is InChI=1S/C19H21NO4/c1-2-22-15-10-6-7-11-16(15)24-19(14-8-4-3-5-9-14)17-12-20-18(21)13-23-17/h3-11,17,19H,2,12-13H2,1H3,(H,20,21)/t17-,19?/m0/s1. The Labute approximate surface area is 141 Å². The van der Waals surface area contributed by atoms with E-state index in [-0.39, 0.29) is 24.7 Å². The summed E-state index contributed by atoms with van der Waals surface area (Å²) in [6.07, 6.45) is -0.604. The molecule has 5 heteroatoms. The van der Waals surface area contributed by atoms with Gasteiger partial charge < -0.3 is 19.5 Å². The van der Waals surface area contributed by atoms with Gasteiger partial charge in [0.2, 0.25) is 5.91 Å². The van der Waals surface area contributed by atoms with Gasteiger partial charge in [0.15, 0.2) is 17.6 Å².